The molecule has 1 N–H and O–H groups in total. The molecule has 1 aromatic carbocycles. The zero-order valence-corrected chi connectivity index (χ0v) is 13.6. The van der Waals surface area contributed by atoms with Gasteiger partial charge < -0.3 is 9.47 Å². The lowest BCUT2D eigenvalue weighted by Gasteiger charge is -2.20. The van der Waals surface area contributed by atoms with Gasteiger partial charge in [0.1, 0.15) is 0 Å². The second kappa shape index (κ2) is 6.64. The van der Waals surface area contributed by atoms with Crippen molar-refractivity contribution in [3.05, 3.63) is 30.0 Å². The molecule has 0 atom stereocenters. The fourth-order valence-electron chi connectivity index (χ4n) is 2.91. The minimum Gasteiger partial charge on any atom is -0.374 e. The van der Waals surface area contributed by atoms with E-state index in [1.54, 1.807) is 0 Å². The van der Waals surface area contributed by atoms with Crippen LogP contribution in [0.1, 0.15) is 32.0 Å². The number of rotatable bonds is 6. The number of amides is 2. The van der Waals surface area contributed by atoms with Crippen LogP contribution in [0.3, 0.4) is 0 Å². The molecule has 0 fully saturated rings. The van der Waals surface area contributed by atoms with Crippen LogP contribution in [0.15, 0.2) is 24.3 Å². The van der Waals surface area contributed by atoms with Gasteiger partial charge in [-0.05, 0) is 39.0 Å². The van der Waals surface area contributed by atoms with E-state index in [9.17, 15) is 9.59 Å². The Labute approximate surface area is 130 Å². The number of carbonyl (C=O) groups is 2. The van der Waals surface area contributed by atoms with E-state index in [0.717, 1.165) is 5.69 Å². The van der Waals surface area contributed by atoms with Crippen molar-refractivity contribution >= 4 is 28.9 Å². The van der Waals surface area contributed by atoms with Gasteiger partial charge in [0.15, 0.2) is 0 Å². The lowest BCUT2D eigenvalue weighted by atomic mass is 10.2. The van der Waals surface area contributed by atoms with Gasteiger partial charge in [0.25, 0.3) is 0 Å². The molecule has 2 rings (SSSR count). The van der Waals surface area contributed by atoms with Gasteiger partial charge >= 0.3 is 0 Å². The van der Waals surface area contributed by atoms with E-state index in [0.29, 0.717) is 19.0 Å². The van der Waals surface area contributed by atoms with Gasteiger partial charge in [-0.25, -0.2) is 0 Å². The highest BCUT2D eigenvalue weighted by Crippen LogP contribution is 2.31. The molecule has 0 radical (unpaired) electrons. The number of aromatic nitrogens is 1. The van der Waals surface area contributed by atoms with E-state index in [4.69, 9.17) is 0 Å². The van der Waals surface area contributed by atoms with Crippen LogP contribution in [0, 0.1) is 6.92 Å². The number of aryl methyl sites for hydroxylation is 1. The summed E-state index contributed by atoms with van der Waals surface area (Å²) in [5, 5.41) is 3.35. The normalized spacial score (nSPS) is 11.0. The van der Waals surface area contributed by atoms with Gasteiger partial charge in [-0.3, -0.25) is 14.9 Å². The molecule has 1 heterocycles. The second-order valence-electron chi connectivity index (χ2n) is 5.82. The van der Waals surface area contributed by atoms with Gasteiger partial charge in [-0.2, -0.15) is 0 Å². The quantitative estimate of drug-likeness (QED) is 0.835. The van der Waals surface area contributed by atoms with Crippen LogP contribution in [0.4, 0.5) is 5.69 Å². The highest BCUT2D eigenvalue weighted by molar-refractivity contribution is 5.94. The van der Waals surface area contributed by atoms with Gasteiger partial charge in [-0.1, -0.05) is 6.07 Å². The maximum absolute atomic E-state index is 11.4. The molecule has 0 saturated carbocycles. The number of nitrogens with zero attached hydrogens (tertiary/aromatic N) is 2. The Bertz CT molecular complexity index is 689. The first-order valence-electron chi connectivity index (χ1n) is 7.50. The molecule has 0 aliphatic carbocycles. The number of hydrogen-bond acceptors (Lipinski definition) is 3. The third-order valence-electron chi connectivity index (χ3n) is 3.87. The molecular formula is C17H23N3O2. The molecular weight excluding hydrogens is 278 g/mol. The summed E-state index contributed by atoms with van der Waals surface area (Å²) in [4.78, 5) is 23.7. The lowest BCUT2D eigenvalue weighted by molar-refractivity contribution is -0.125. The van der Waals surface area contributed by atoms with Gasteiger partial charge in [-0.15, -0.1) is 0 Å². The van der Waals surface area contributed by atoms with Crippen molar-refractivity contribution < 1.29 is 9.59 Å². The molecule has 22 heavy (non-hydrogen) atoms. The standard InChI is InChI=1S/C17H23N3O2/c1-12(2)20-13(3)10-14-15(6-5-7-16(14)20)19(4)9-8-17(22)18-11-21/h5-7,10-12H,8-9H2,1-4H3,(H,18,21,22). The number of fused-ring (bicyclic) bond motifs is 1. The SMILES string of the molecule is Cc1cc2c(N(C)CCC(=O)NC=O)cccc2n1C(C)C. The molecule has 5 heteroatoms. The zero-order valence-electron chi connectivity index (χ0n) is 13.6. The lowest BCUT2D eigenvalue weighted by Crippen LogP contribution is -2.27. The first kappa shape index (κ1) is 16.1. The molecule has 5 nitrogen and oxygen atoms in total. The number of anilines is 1. The van der Waals surface area contributed by atoms with Crippen LogP contribution in [0.2, 0.25) is 0 Å². The summed E-state index contributed by atoms with van der Waals surface area (Å²) >= 11 is 0. The zero-order chi connectivity index (χ0) is 16.3. The van der Waals surface area contributed by atoms with Crippen molar-refractivity contribution in [1.82, 2.24) is 9.88 Å². The van der Waals surface area contributed by atoms with E-state index >= 15 is 0 Å². The molecule has 118 valence electrons. The molecule has 1 aromatic heterocycles. The average Bonchev–Trinajstić information content (AvgIpc) is 2.80. The first-order valence-corrected chi connectivity index (χ1v) is 7.50. The molecule has 2 amide bonds. The Balaban J connectivity index is 2.30. The fourth-order valence-corrected chi connectivity index (χ4v) is 2.91. The summed E-state index contributed by atoms with van der Waals surface area (Å²) in [7, 11) is 1.96. The van der Waals surface area contributed by atoms with Crippen LogP contribution in [0.25, 0.3) is 10.9 Å². The van der Waals surface area contributed by atoms with Crippen LogP contribution in [-0.2, 0) is 9.59 Å². The predicted octanol–water partition coefficient (Wildman–Crippen LogP) is 2.63. The van der Waals surface area contributed by atoms with Crippen LogP contribution < -0.4 is 10.2 Å². The maximum Gasteiger partial charge on any atom is 0.228 e. The van der Waals surface area contributed by atoms with Crippen molar-refractivity contribution in [2.45, 2.75) is 33.2 Å². The minimum absolute atomic E-state index is 0.259. The summed E-state index contributed by atoms with van der Waals surface area (Å²) in [5.74, 6) is -0.259. The Hall–Kier alpha value is -2.30. The van der Waals surface area contributed by atoms with Gasteiger partial charge in [0.05, 0.1) is 5.52 Å². The average molecular weight is 301 g/mol. The van der Waals surface area contributed by atoms with Crippen molar-refractivity contribution in [3.63, 3.8) is 0 Å². The first-order chi connectivity index (χ1) is 10.5. The van der Waals surface area contributed by atoms with Crippen molar-refractivity contribution in [2.75, 3.05) is 18.5 Å². The van der Waals surface area contributed by atoms with Crippen molar-refractivity contribution in [3.8, 4) is 0 Å². The second-order valence-corrected chi connectivity index (χ2v) is 5.82. The molecule has 0 aliphatic rings. The summed E-state index contributed by atoms with van der Waals surface area (Å²) in [6.45, 7) is 7.02. The van der Waals surface area contributed by atoms with Gasteiger partial charge in [0.2, 0.25) is 12.3 Å². The fraction of sp³-hybridized carbons (Fsp3) is 0.412. The van der Waals surface area contributed by atoms with E-state index in [-0.39, 0.29) is 12.3 Å². The molecule has 0 spiro atoms. The Morgan fingerprint density at radius 1 is 1.41 bits per heavy atom. The third-order valence-corrected chi connectivity index (χ3v) is 3.87. The summed E-state index contributed by atoms with van der Waals surface area (Å²) in [6.07, 6.45) is 0.713. The summed E-state index contributed by atoms with van der Waals surface area (Å²) in [6, 6.07) is 8.81. The molecule has 0 unspecified atom stereocenters. The number of nitrogens with one attached hydrogen (secondary N) is 1. The number of imide groups is 1. The Morgan fingerprint density at radius 2 is 2.14 bits per heavy atom. The van der Waals surface area contributed by atoms with E-state index in [1.165, 1.54) is 16.6 Å². The smallest absolute Gasteiger partial charge is 0.228 e. The van der Waals surface area contributed by atoms with Gasteiger partial charge in [0, 0.05) is 42.8 Å². The molecule has 2 aromatic rings. The molecule has 0 bridgehead atoms. The Kier molecular flexibility index (Phi) is 4.85. The van der Waals surface area contributed by atoms with Crippen LogP contribution >= 0.6 is 0 Å². The van der Waals surface area contributed by atoms with Crippen LogP contribution in [-0.4, -0.2) is 30.5 Å². The maximum atomic E-state index is 11.4. The van der Waals surface area contributed by atoms with E-state index in [2.05, 4.69) is 53.8 Å². The Morgan fingerprint density at radius 3 is 2.77 bits per heavy atom. The van der Waals surface area contributed by atoms with Crippen LogP contribution in [0.5, 0.6) is 0 Å². The predicted molar refractivity (Wildman–Crippen MR) is 89.2 cm³/mol. The van der Waals surface area contributed by atoms with E-state index < -0.39 is 0 Å². The van der Waals surface area contributed by atoms with E-state index in [1.807, 2.05) is 13.1 Å². The third kappa shape index (κ3) is 3.13. The summed E-state index contributed by atoms with van der Waals surface area (Å²) < 4.78 is 2.31. The number of benzene rings is 1. The monoisotopic (exact) mass is 301 g/mol. The highest BCUT2D eigenvalue weighted by Gasteiger charge is 2.14. The molecule has 0 aliphatic heterocycles. The number of carbonyl (C=O) groups excluding carboxylic acids is 2. The largest absolute Gasteiger partial charge is 0.374 e. The topological polar surface area (TPSA) is 54.3 Å². The van der Waals surface area contributed by atoms with Crippen molar-refractivity contribution in [1.29, 1.82) is 0 Å². The minimum atomic E-state index is -0.259. The highest BCUT2D eigenvalue weighted by atomic mass is 16.2. The summed E-state index contributed by atoms with van der Waals surface area (Å²) in [5.41, 5.74) is 3.53. The molecule has 0 saturated heterocycles. The number of hydrogen-bond donors (Lipinski definition) is 1. The van der Waals surface area contributed by atoms with Crippen molar-refractivity contribution in [2.24, 2.45) is 0 Å².